The zero-order chi connectivity index (χ0) is 15.8. The molecule has 4 heteroatoms. The van der Waals surface area contributed by atoms with E-state index in [4.69, 9.17) is 21.6 Å². The van der Waals surface area contributed by atoms with Crippen LogP contribution < -0.4 is 4.74 Å². The lowest BCUT2D eigenvalue weighted by Crippen LogP contribution is -2.02. The third-order valence-electron chi connectivity index (χ3n) is 3.29. The van der Waals surface area contributed by atoms with Crippen LogP contribution in [0.2, 0.25) is 5.02 Å². The first kappa shape index (κ1) is 15.9. The molecule has 2 rings (SSSR count). The van der Waals surface area contributed by atoms with Crippen LogP contribution in [0.4, 0.5) is 0 Å². The van der Waals surface area contributed by atoms with Crippen molar-refractivity contribution in [1.82, 2.24) is 0 Å². The van der Waals surface area contributed by atoms with Gasteiger partial charge in [0.25, 0.3) is 0 Å². The first-order valence-electron chi connectivity index (χ1n) is 7.01. The Kier molecular flexibility index (Phi) is 5.83. The van der Waals surface area contributed by atoms with Crippen molar-refractivity contribution in [2.45, 2.75) is 18.8 Å². The molecule has 2 aromatic carbocycles. The maximum absolute atomic E-state index is 9.30. The molecule has 110 valence electrons. The molecule has 22 heavy (non-hydrogen) atoms. The fourth-order valence-electron chi connectivity index (χ4n) is 2.14. The Morgan fingerprint density at radius 3 is 2.55 bits per heavy atom. The summed E-state index contributed by atoms with van der Waals surface area (Å²) in [6.07, 6.45) is 1.45. The number of halogens is 1. The molecule has 0 heterocycles. The van der Waals surface area contributed by atoms with Gasteiger partial charge >= 0.3 is 0 Å². The van der Waals surface area contributed by atoms with Crippen molar-refractivity contribution < 1.29 is 4.74 Å². The minimum absolute atomic E-state index is 0.220. The smallest absolute Gasteiger partial charge is 0.119 e. The third-order valence-corrected chi connectivity index (χ3v) is 3.55. The molecule has 0 aliphatic heterocycles. The van der Waals surface area contributed by atoms with Gasteiger partial charge in [-0.3, -0.25) is 0 Å². The second-order valence-corrected chi connectivity index (χ2v) is 5.30. The molecule has 0 saturated heterocycles. The number of nitrogens with zero attached hydrogens (tertiary/aromatic N) is 2. The van der Waals surface area contributed by atoms with Gasteiger partial charge in [-0.1, -0.05) is 23.7 Å². The summed E-state index contributed by atoms with van der Waals surface area (Å²) in [5.74, 6) is 0.548. The monoisotopic (exact) mass is 310 g/mol. The third kappa shape index (κ3) is 4.52. The van der Waals surface area contributed by atoms with Crippen LogP contribution in [0, 0.1) is 22.7 Å². The summed E-state index contributed by atoms with van der Waals surface area (Å²) in [6, 6.07) is 18.8. The van der Waals surface area contributed by atoms with E-state index >= 15 is 0 Å². The van der Waals surface area contributed by atoms with Crippen LogP contribution in [0.1, 0.15) is 29.9 Å². The summed E-state index contributed by atoms with van der Waals surface area (Å²) in [5, 5.41) is 18.9. The largest absolute Gasteiger partial charge is 0.494 e. The Labute approximate surface area is 135 Å². The minimum Gasteiger partial charge on any atom is -0.494 e. The maximum Gasteiger partial charge on any atom is 0.119 e. The van der Waals surface area contributed by atoms with Gasteiger partial charge in [-0.15, -0.1) is 0 Å². The Morgan fingerprint density at radius 2 is 1.86 bits per heavy atom. The van der Waals surface area contributed by atoms with Crippen molar-refractivity contribution >= 4 is 11.6 Å². The molecule has 0 amide bonds. The maximum atomic E-state index is 9.30. The first-order chi connectivity index (χ1) is 10.7. The average molecular weight is 311 g/mol. The topological polar surface area (TPSA) is 56.8 Å². The number of hydrogen-bond acceptors (Lipinski definition) is 3. The van der Waals surface area contributed by atoms with E-state index in [1.54, 1.807) is 24.3 Å². The van der Waals surface area contributed by atoms with Crippen molar-refractivity contribution in [2.24, 2.45) is 0 Å². The highest BCUT2D eigenvalue weighted by Gasteiger charge is 2.11. The zero-order valence-corrected chi connectivity index (χ0v) is 12.8. The summed E-state index contributed by atoms with van der Waals surface area (Å²) in [7, 11) is 0. The van der Waals surface area contributed by atoms with Gasteiger partial charge in [0.1, 0.15) is 5.75 Å². The fourth-order valence-corrected chi connectivity index (χ4v) is 2.27. The van der Waals surface area contributed by atoms with Gasteiger partial charge in [-0.25, -0.2) is 0 Å². The quantitative estimate of drug-likeness (QED) is 0.728. The molecule has 0 bridgehead atoms. The number of benzene rings is 2. The molecule has 0 aromatic heterocycles. The molecule has 0 aliphatic rings. The summed E-state index contributed by atoms with van der Waals surface area (Å²) in [5.41, 5.74) is 1.46. The highest BCUT2D eigenvalue weighted by molar-refractivity contribution is 6.30. The fraction of sp³-hybridized carbons (Fsp3) is 0.222. The van der Waals surface area contributed by atoms with Crippen LogP contribution in [0.15, 0.2) is 48.5 Å². The molecular formula is C18H15ClN2O. The molecule has 0 saturated carbocycles. The lowest BCUT2D eigenvalue weighted by Gasteiger charge is -2.10. The van der Waals surface area contributed by atoms with Crippen LogP contribution in [0.3, 0.4) is 0 Å². The minimum atomic E-state index is -0.220. The predicted octanol–water partition coefficient (Wildman–Crippen LogP) is 4.68. The summed E-state index contributed by atoms with van der Waals surface area (Å²) < 4.78 is 5.62. The summed E-state index contributed by atoms with van der Waals surface area (Å²) in [4.78, 5) is 0. The summed E-state index contributed by atoms with van der Waals surface area (Å²) >= 11 is 5.81. The SMILES string of the molecule is N#Cc1cccc(C(C#N)CCCOc2ccc(Cl)cc2)c1. The van der Waals surface area contributed by atoms with Crippen molar-refractivity contribution in [1.29, 1.82) is 10.5 Å². The van der Waals surface area contributed by atoms with Crippen LogP contribution in [0.25, 0.3) is 0 Å². The van der Waals surface area contributed by atoms with E-state index < -0.39 is 0 Å². The lowest BCUT2D eigenvalue weighted by molar-refractivity contribution is 0.305. The zero-order valence-electron chi connectivity index (χ0n) is 12.0. The average Bonchev–Trinajstić information content (AvgIpc) is 2.56. The Balaban J connectivity index is 1.85. The van der Waals surface area contributed by atoms with Crippen LogP contribution in [-0.4, -0.2) is 6.61 Å². The van der Waals surface area contributed by atoms with Crippen molar-refractivity contribution in [2.75, 3.05) is 6.61 Å². The highest BCUT2D eigenvalue weighted by Crippen LogP contribution is 2.22. The molecule has 2 aromatic rings. The van der Waals surface area contributed by atoms with Crippen molar-refractivity contribution in [3.05, 3.63) is 64.7 Å². The predicted molar refractivity (Wildman–Crippen MR) is 85.7 cm³/mol. The molecular weight excluding hydrogens is 296 g/mol. The van der Waals surface area contributed by atoms with Crippen molar-refractivity contribution in [3.63, 3.8) is 0 Å². The summed E-state index contributed by atoms with van der Waals surface area (Å²) in [6.45, 7) is 0.539. The standard InChI is InChI=1S/C18H15ClN2O/c19-17-6-8-18(9-7-17)22-10-2-5-16(13-21)15-4-1-3-14(11-15)12-20/h1,3-4,6-9,11,16H,2,5,10H2. The Hall–Kier alpha value is -2.49. The molecule has 0 fully saturated rings. The van der Waals surface area contributed by atoms with Crippen LogP contribution in [0.5, 0.6) is 5.75 Å². The Bertz CT molecular complexity index is 698. The molecule has 0 aliphatic carbocycles. The normalized spacial score (nSPS) is 11.2. The molecule has 3 nitrogen and oxygen atoms in total. The highest BCUT2D eigenvalue weighted by atomic mass is 35.5. The number of nitriles is 2. The van der Waals surface area contributed by atoms with Gasteiger partial charge in [0.05, 0.1) is 30.2 Å². The lowest BCUT2D eigenvalue weighted by atomic mass is 9.94. The van der Waals surface area contributed by atoms with Gasteiger partial charge in [-0.2, -0.15) is 10.5 Å². The van der Waals surface area contributed by atoms with E-state index in [2.05, 4.69) is 12.1 Å². The van der Waals surface area contributed by atoms with E-state index in [1.165, 1.54) is 0 Å². The molecule has 0 spiro atoms. The second-order valence-electron chi connectivity index (χ2n) is 4.86. The molecule has 0 radical (unpaired) electrons. The molecule has 1 unspecified atom stereocenters. The van der Waals surface area contributed by atoms with Gasteiger partial charge in [0.15, 0.2) is 0 Å². The second kappa shape index (κ2) is 8.08. The van der Waals surface area contributed by atoms with E-state index in [0.29, 0.717) is 23.6 Å². The number of hydrogen-bond donors (Lipinski definition) is 0. The van der Waals surface area contributed by atoms with E-state index in [0.717, 1.165) is 17.7 Å². The van der Waals surface area contributed by atoms with Gasteiger partial charge < -0.3 is 4.74 Å². The number of ether oxygens (including phenoxy) is 1. The number of rotatable bonds is 6. The molecule has 0 N–H and O–H groups in total. The van der Waals surface area contributed by atoms with Crippen molar-refractivity contribution in [3.8, 4) is 17.9 Å². The molecule has 1 atom stereocenters. The van der Waals surface area contributed by atoms with Crippen LogP contribution in [-0.2, 0) is 0 Å². The van der Waals surface area contributed by atoms with Gasteiger partial charge in [0.2, 0.25) is 0 Å². The van der Waals surface area contributed by atoms with E-state index in [-0.39, 0.29) is 5.92 Å². The van der Waals surface area contributed by atoms with Gasteiger partial charge in [0, 0.05) is 5.02 Å². The van der Waals surface area contributed by atoms with Gasteiger partial charge in [-0.05, 0) is 54.8 Å². The Morgan fingerprint density at radius 1 is 1.09 bits per heavy atom. The van der Waals surface area contributed by atoms with Crippen LogP contribution >= 0.6 is 11.6 Å². The first-order valence-corrected chi connectivity index (χ1v) is 7.39. The van der Waals surface area contributed by atoms with E-state index in [9.17, 15) is 5.26 Å². The van der Waals surface area contributed by atoms with E-state index in [1.807, 2.05) is 24.3 Å².